The molecule has 3 aliphatic heterocycles. The molecule has 24 heavy (non-hydrogen) atoms. The number of nitrogens with zero attached hydrogens (tertiary/aromatic N) is 1. The van der Waals surface area contributed by atoms with Crippen LogP contribution in [0, 0.1) is 11.8 Å². The molecule has 130 valence electrons. The Bertz CT molecular complexity index is 561. The van der Waals surface area contributed by atoms with Crippen molar-refractivity contribution in [2.75, 3.05) is 19.7 Å². The summed E-state index contributed by atoms with van der Waals surface area (Å²) in [6.45, 7) is 4.26. The van der Waals surface area contributed by atoms with E-state index in [4.69, 9.17) is 9.47 Å². The van der Waals surface area contributed by atoms with Crippen molar-refractivity contribution in [2.24, 2.45) is 11.8 Å². The molecule has 3 fully saturated rings. The molecule has 3 saturated heterocycles. The Kier molecular flexibility index (Phi) is 4.35. The second kappa shape index (κ2) is 6.63. The van der Waals surface area contributed by atoms with Gasteiger partial charge in [-0.25, -0.2) is 4.79 Å². The molecule has 2 bridgehead atoms. The van der Waals surface area contributed by atoms with Gasteiger partial charge in [-0.05, 0) is 31.4 Å². The van der Waals surface area contributed by atoms with E-state index >= 15 is 0 Å². The number of benzene rings is 1. The van der Waals surface area contributed by atoms with E-state index in [1.54, 1.807) is 0 Å². The number of amides is 2. The Hall–Kier alpha value is -1.75. The first-order chi connectivity index (χ1) is 11.7. The number of rotatable bonds is 5. The molecule has 0 aromatic heterocycles. The van der Waals surface area contributed by atoms with Crippen molar-refractivity contribution >= 4 is 6.03 Å². The molecule has 0 saturated carbocycles. The Morgan fingerprint density at radius 2 is 1.92 bits per heavy atom. The van der Waals surface area contributed by atoms with Gasteiger partial charge in [0.1, 0.15) is 12.4 Å². The van der Waals surface area contributed by atoms with Crippen LogP contribution in [0.4, 0.5) is 4.79 Å². The van der Waals surface area contributed by atoms with E-state index < -0.39 is 0 Å². The van der Waals surface area contributed by atoms with E-state index in [2.05, 4.69) is 12.2 Å². The lowest BCUT2D eigenvalue weighted by molar-refractivity contribution is 0.0735. The summed E-state index contributed by atoms with van der Waals surface area (Å²) in [5, 5.41) is 3.14. The summed E-state index contributed by atoms with van der Waals surface area (Å²) in [4.78, 5) is 14.6. The molecule has 4 rings (SSSR count). The minimum Gasteiger partial charge on any atom is -0.491 e. The van der Waals surface area contributed by atoms with E-state index in [0.717, 1.165) is 25.3 Å². The number of nitrogens with one attached hydrogen (secondary N) is 1. The fourth-order valence-corrected chi connectivity index (χ4v) is 4.37. The van der Waals surface area contributed by atoms with Crippen LogP contribution in [-0.4, -0.2) is 48.9 Å². The lowest BCUT2D eigenvalue weighted by Crippen LogP contribution is -2.46. The van der Waals surface area contributed by atoms with Gasteiger partial charge >= 0.3 is 6.03 Å². The molecule has 1 aromatic rings. The van der Waals surface area contributed by atoms with Crippen LogP contribution in [0.5, 0.6) is 5.75 Å². The summed E-state index contributed by atoms with van der Waals surface area (Å²) in [6, 6.07) is 9.83. The van der Waals surface area contributed by atoms with E-state index in [1.807, 2.05) is 35.2 Å². The van der Waals surface area contributed by atoms with Crippen LogP contribution >= 0.6 is 0 Å². The van der Waals surface area contributed by atoms with Gasteiger partial charge in [0.2, 0.25) is 0 Å². The molecule has 5 atom stereocenters. The number of urea groups is 1. The molecule has 3 aliphatic rings. The summed E-state index contributed by atoms with van der Waals surface area (Å²) >= 11 is 0. The SMILES string of the molecule is CC[C@@H](COc1ccccc1)NC(=O)N1C[C@@H]2[C@H](C1)[C@H]1CC[C@H]2O1. The number of para-hydroxylation sites is 1. The summed E-state index contributed by atoms with van der Waals surface area (Å²) in [5.74, 6) is 1.94. The predicted octanol–water partition coefficient (Wildman–Crippen LogP) is 2.66. The van der Waals surface area contributed by atoms with Crippen molar-refractivity contribution < 1.29 is 14.3 Å². The van der Waals surface area contributed by atoms with Crippen LogP contribution in [0.2, 0.25) is 0 Å². The minimum atomic E-state index is 0.0334. The number of carbonyl (C=O) groups is 1. The number of fused-ring (bicyclic) bond motifs is 5. The van der Waals surface area contributed by atoms with Crippen molar-refractivity contribution in [1.29, 1.82) is 0 Å². The second-order valence-electron chi connectivity index (χ2n) is 7.20. The van der Waals surface area contributed by atoms with E-state index in [1.165, 1.54) is 12.8 Å². The molecular formula is C19H26N2O3. The molecule has 5 nitrogen and oxygen atoms in total. The topological polar surface area (TPSA) is 50.8 Å². The molecule has 2 amide bonds. The smallest absolute Gasteiger partial charge is 0.317 e. The maximum absolute atomic E-state index is 12.6. The maximum Gasteiger partial charge on any atom is 0.317 e. The zero-order valence-corrected chi connectivity index (χ0v) is 14.2. The fourth-order valence-electron chi connectivity index (χ4n) is 4.37. The lowest BCUT2D eigenvalue weighted by Gasteiger charge is -2.24. The first-order valence-electron chi connectivity index (χ1n) is 9.13. The van der Waals surface area contributed by atoms with Gasteiger partial charge in [-0.1, -0.05) is 25.1 Å². The summed E-state index contributed by atoms with van der Waals surface area (Å²) < 4.78 is 11.8. The molecule has 0 spiro atoms. The van der Waals surface area contributed by atoms with E-state index in [-0.39, 0.29) is 12.1 Å². The summed E-state index contributed by atoms with van der Waals surface area (Å²) in [5.41, 5.74) is 0. The van der Waals surface area contributed by atoms with Crippen molar-refractivity contribution in [2.45, 2.75) is 44.4 Å². The average molecular weight is 330 g/mol. The Morgan fingerprint density at radius 3 is 2.54 bits per heavy atom. The third-order valence-electron chi connectivity index (χ3n) is 5.75. The monoisotopic (exact) mass is 330 g/mol. The number of likely N-dealkylation sites (tertiary alicyclic amines) is 1. The highest BCUT2D eigenvalue weighted by Crippen LogP contribution is 2.47. The summed E-state index contributed by atoms with van der Waals surface area (Å²) in [7, 11) is 0. The average Bonchev–Trinajstić information content (AvgIpc) is 3.31. The molecule has 0 radical (unpaired) electrons. The summed E-state index contributed by atoms with van der Waals surface area (Å²) in [6.07, 6.45) is 3.98. The van der Waals surface area contributed by atoms with Crippen LogP contribution < -0.4 is 10.1 Å². The second-order valence-corrected chi connectivity index (χ2v) is 7.20. The van der Waals surface area contributed by atoms with Gasteiger partial charge < -0.3 is 19.7 Å². The first-order valence-corrected chi connectivity index (χ1v) is 9.13. The minimum absolute atomic E-state index is 0.0334. The Balaban J connectivity index is 1.28. The molecule has 1 aromatic carbocycles. The van der Waals surface area contributed by atoms with E-state index in [9.17, 15) is 4.79 Å². The van der Waals surface area contributed by atoms with Crippen molar-refractivity contribution in [3.8, 4) is 5.75 Å². The highest BCUT2D eigenvalue weighted by atomic mass is 16.5. The van der Waals surface area contributed by atoms with Gasteiger partial charge in [0.05, 0.1) is 18.2 Å². The van der Waals surface area contributed by atoms with Crippen LogP contribution in [0.15, 0.2) is 30.3 Å². The fraction of sp³-hybridized carbons (Fsp3) is 0.632. The predicted molar refractivity (Wildman–Crippen MR) is 91.0 cm³/mol. The highest BCUT2D eigenvalue weighted by Gasteiger charge is 2.53. The van der Waals surface area contributed by atoms with E-state index in [0.29, 0.717) is 30.7 Å². The van der Waals surface area contributed by atoms with Crippen LogP contribution in [0.25, 0.3) is 0 Å². The van der Waals surface area contributed by atoms with Gasteiger partial charge in [0.25, 0.3) is 0 Å². The third-order valence-corrected chi connectivity index (χ3v) is 5.75. The Morgan fingerprint density at radius 1 is 1.25 bits per heavy atom. The number of hydrogen-bond acceptors (Lipinski definition) is 3. The third kappa shape index (κ3) is 2.97. The largest absolute Gasteiger partial charge is 0.491 e. The van der Waals surface area contributed by atoms with Crippen LogP contribution in [0.1, 0.15) is 26.2 Å². The van der Waals surface area contributed by atoms with Gasteiger partial charge in [-0.15, -0.1) is 0 Å². The Labute approximate surface area is 143 Å². The number of hydrogen-bond donors (Lipinski definition) is 1. The molecule has 0 aliphatic carbocycles. The van der Waals surface area contributed by atoms with Crippen molar-refractivity contribution in [3.63, 3.8) is 0 Å². The van der Waals surface area contributed by atoms with Crippen molar-refractivity contribution in [1.82, 2.24) is 10.2 Å². The maximum atomic E-state index is 12.6. The molecule has 0 unspecified atom stereocenters. The van der Waals surface area contributed by atoms with Gasteiger partial charge in [0, 0.05) is 24.9 Å². The van der Waals surface area contributed by atoms with Crippen LogP contribution in [-0.2, 0) is 4.74 Å². The highest BCUT2D eigenvalue weighted by molar-refractivity contribution is 5.75. The molecule has 1 N–H and O–H groups in total. The van der Waals surface area contributed by atoms with Gasteiger partial charge in [0.15, 0.2) is 0 Å². The van der Waals surface area contributed by atoms with Gasteiger partial charge in [-0.3, -0.25) is 0 Å². The standard InChI is InChI=1S/C19H26N2O3/c1-2-13(12-23-14-6-4-3-5-7-14)20-19(22)21-10-15-16(11-21)18-9-8-17(15)24-18/h3-7,13,15-18H,2,8-12H2,1H3,(H,20,22)/t13-,15-,16+,17+,18+/m0/s1. The molecule has 5 heteroatoms. The van der Waals surface area contributed by atoms with Crippen LogP contribution in [0.3, 0.4) is 0 Å². The number of carbonyl (C=O) groups excluding carboxylic acids is 1. The zero-order valence-electron chi connectivity index (χ0n) is 14.2. The lowest BCUT2D eigenvalue weighted by atomic mass is 9.82. The van der Waals surface area contributed by atoms with Crippen molar-refractivity contribution in [3.05, 3.63) is 30.3 Å². The quantitative estimate of drug-likeness (QED) is 0.903. The normalized spacial score (nSPS) is 31.8. The number of ether oxygens (including phenoxy) is 2. The zero-order chi connectivity index (χ0) is 16.5. The first kappa shape index (κ1) is 15.8. The van der Waals surface area contributed by atoms with Gasteiger partial charge in [-0.2, -0.15) is 0 Å². The molecular weight excluding hydrogens is 304 g/mol. The molecule has 3 heterocycles.